The quantitative estimate of drug-likeness (QED) is 0.510. The highest BCUT2D eigenvalue weighted by molar-refractivity contribution is 5.89. The fourth-order valence-corrected chi connectivity index (χ4v) is 3.97. The third-order valence-corrected chi connectivity index (χ3v) is 5.78. The summed E-state index contributed by atoms with van der Waals surface area (Å²) in [7, 11) is 3.49. The van der Waals surface area contributed by atoms with Gasteiger partial charge in [-0.15, -0.1) is 10.2 Å². The summed E-state index contributed by atoms with van der Waals surface area (Å²) in [5.41, 5.74) is 5.27. The number of amides is 2. The van der Waals surface area contributed by atoms with E-state index in [2.05, 4.69) is 20.6 Å². The molecule has 0 atom stereocenters. The fraction of sp³-hybridized carbons (Fsp3) is 0.250. The first-order valence-corrected chi connectivity index (χ1v) is 10.7. The Morgan fingerprint density at radius 1 is 1.12 bits per heavy atom. The lowest BCUT2D eigenvalue weighted by atomic mass is 10.1. The molecule has 2 aromatic carbocycles. The Labute approximate surface area is 191 Å². The highest BCUT2D eigenvalue weighted by atomic mass is 16.5. The van der Waals surface area contributed by atoms with Gasteiger partial charge in [0.15, 0.2) is 5.69 Å². The van der Waals surface area contributed by atoms with Crippen LogP contribution in [-0.4, -0.2) is 44.6 Å². The van der Waals surface area contributed by atoms with Gasteiger partial charge in [0.25, 0.3) is 5.89 Å². The van der Waals surface area contributed by atoms with Gasteiger partial charge in [-0.3, -0.25) is 4.68 Å². The Morgan fingerprint density at radius 3 is 2.70 bits per heavy atom. The molecule has 9 heteroatoms. The van der Waals surface area contributed by atoms with E-state index in [1.54, 1.807) is 18.1 Å². The van der Waals surface area contributed by atoms with E-state index < -0.39 is 0 Å². The normalized spacial score (nSPS) is 13.0. The SMILES string of the molecule is COc1cccc(NC(=O)N2CCc3c(c(-c4nnc(-c5ccc(C)cc5)o4)nn3C)C2)c1. The molecule has 1 aliphatic rings. The van der Waals surface area contributed by atoms with Gasteiger partial charge >= 0.3 is 6.03 Å². The number of nitrogens with one attached hydrogen (secondary N) is 1. The van der Waals surface area contributed by atoms with E-state index in [-0.39, 0.29) is 6.03 Å². The number of urea groups is 1. The van der Waals surface area contributed by atoms with Crippen molar-refractivity contribution in [3.8, 4) is 28.8 Å². The van der Waals surface area contributed by atoms with Crippen LogP contribution >= 0.6 is 0 Å². The zero-order valence-electron chi connectivity index (χ0n) is 18.7. The molecule has 0 fully saturated rings. The lowest BCUT2D eigenvalue weighted by Crippen LogP contribution is -2.39. The number of nitrogens with zero attached hydrogens (tertiary/aromatic N) is 5. The summed E-state index contributed by atoms with van der Waals surface area (Å²) < 4.78 is 13.0. The average molecular weight is 444 g/mol. The molecule has 0 radical (unpaired) electrons. The lowest BCUT2D eigenvalue weighted by molar-refractivity contribution is 0.206. The molecule has 0 saturated carbocycles. The molecule has 5 rings (SSSR count). The topological polar surface area (TPSA) is 98.3 Å². The number of benzene rings is 2. The molecule has 2 aromatic heterocycles. The van der Waals surface area contributed by atoms with Gasteiger partial charge < -0.3 is 19.4 Å². The summed E-state index contributed by atoms with van der Waals surface area (Å²) in [6.45, 7) is 3.01. The summed E-state index contributed by atoms with van der Waals surface area (Å²) >= 11 is 0. The predicted molar refractivity (Wildman–Crippen MR) is 123 cm³/mol. The van der Waals surface area contributed by atoms with Gasteiger partial charge in [-0.1, -0.05) is 23.8 Å². The second-order valence-electron chi connectivity index (χ2n) is 8.01. The van der Waals surface area contributed by atoms with Gasteiger partial charge in [-0.05, 0) is 31.2 Å². The molecule has 9 nitrogen and oxygen atoms in total. The van der Waals surface area contributed by atoms with Gasteiger partial charge in [0, 0.05) is 48.6 Å². The second-order valence-corrected chi connectivity index (χ2v) is 8.01. The van der Waals surface area contributed by atoms with Crippen molar-refractivity contribution >= 4 is 11.7 Å². The fourth-order valence-electron chi connectivity index (χ4n) is 3.97. The lowest BCUT2D eigenvalue weighted by Gasteiger charge is -2.27. The summed E-state index contributed by atoms with van der Waals surface area (Å²) in [6.07, 6.45) is 0.684. The largest absolute Gasteiger partial charge is 0.497 e. The Balaban J connectivity index is 1.38. The van der Waals surface area contributed by atoms with Crippen LogP contribution in [0.5, 0.6) is 5.75 Å². The summed E-state index contributed by atoms with van der Waals surface area (Å²) in [4.78, 5) is 14.7. The van der Waals surface area contributed by atoms with E-state index in [0.717, 1.165) is 22.4 Å². The van der Waals surface area contributed by atoms with Gasteiger partial charge in [0.05, 0.1) is 13.7 Å². The smallest absolute Gasteiger partial charge is 0.322 e. The Bertz CT molecular complexity index is 1310. The van der Waals surface area contributed by atoms with Gasteiger partial charge in [-0.25, -0.2) is 4.79 Å². The van der Waals surface area contributed by atoms with Crippen molar-refractivity contribution < 1.29 is 13.9 Å². The number of hydrogen-bond donors (Lipinski definition) is 1. The average Bonchev–Trinajstić information content (AvgIpc) is 3.44. The van der Waals surface area contributed by atoms with E-state index in [9.17, 15) is 4.79 Å². The number of rotatable bonds is 4. The molecule has 1 N–H and O–H groups in total. The molecule has 0 unspecified atom stereocenters. The number of aryl methyl sites for hydroxylation is 2. The number of ether oxygens (including phenoxy) is 1. The zero-order valence-corrected chi connectivity index (χ0v) is 18.7. The van der Waals surface area contributed by atoms with Crippen molar-refractivity contribution in [3.05, 3.63) is 65.4 Å². The molecule has 33 heavy (non-hydrogen) atoms. The summed E-state index contributed by atoms with van der Waals surface area (Å²) in [5, 5.41) is 16.0. The van der Waals surface area contributed by atoms with Gasteiger partial charge in [0.2, 0.25) is 5.89 Å². The predicted octanol–water partition coefficient (Wildman–Crippen LogP) is 4.04. The van der Waals surface area contributed by atoms with E-state index in [1.807, 2.05) is 61.1 Å². The molecule has 3 heterocycles. The van der Waals surface area contributed by atoms with Crippen LogP contribution in [0.3, 0.4) is 0 Å². The van der Waals surface area contributed by atoms with Crippen molar-refractivity contribution in [1.82, 2.24) is 24.9 Å². The van der Waals surface area contributed by atoms with Crippen LogP contribution < -0.4 is 10.1 Å². The number of carbonyl (C=O) groups excluding carboxylic acids is 1. The highest BCUT2D eigenvalue weighted by Gasteiger charge is 2.29. The van der Waals surface area contributed by atoms with Crippen molar-refractivity contribution in [2.24, 2.45) is 7.05 Å². The van der Waals surface area contributed by atoms with Crippen molar-refractivity contribution in [1.29, 1.82) is 0 Å². The molecule has 0 aliphatic carbocycles. The maximum atomic E-state index is 12.9. The standard InChI is InChI=1S/C24H24N6O3/c1-15-7-9-16(10-8-15)22-26-27-23(33-22)21-19-14-30(12-11-20(19)29(2)28-21)24(31)25-17-5-4-6-18(13-17)32-3/h4-10,13H,11-12,14H2,1-3H3,(H,25,31). The number of carbonyl (C=O) groups is 1. The first-order valence-electron chi connectivity index (χ1n) is 10.7. The Morgan fingerprint density at radius 2 is 1.91 bits per heavy atom. The summed E-state index contributed by atoms with van der Waals surface area (Å²) in [5.74, 6) is 1.47. The molecule has 0 bridgehead atoms. The second kappa shape index (κ2) is 8.42. The van der Waals surface area contributed by atoms with Gasteiger partial charge in [-0.2, -0.15) is 5.10 Å². The molecule has 0 saturated heterocycles. The molecule has 2 amide bonds. The monoisotopic (exact) mass is 444 g/mol. The maximum Gasteiger partial charge on any atom is 0.322 e. The van der Waals surface area contributed by atoms with Crippen LogP contribution in [0.4, 0.5) is 10.5 Å². The van der Waals surface area contributed by atoms with E-state index >= 15 is 0 Å². The maximum absolute atomic E-state index is 12.9. The van der Waals surface area contributed by atoms with Crippen LogP contribution in [0.2, 0.25) is 0 Å². The van der Waals surface area contributed by atoms with Crippen molar-refractivity contribution in [2.75, 3.05) is 19.0 Å². The highest BCUT2D eigenvalue weighted by Crippen LogP contribution is 2.31. The molecular weight excluding hydrogens is 420 g/mol. The summed E-state index contributed by atoms with van der Waals surface area (Å²) in [6, 6.07) is 15.0. The number of hydrogen-bond acceptors (Lipinski definition) is 6. The van der Waals surface area contributed by atoms with Crippen LogP contribution in [0.15, 0.2) is 52.9 Å². The number of methoxy groups -OCH3 is 1. The van der Waals surface area contributed by atoms with Crippen molar-refractivity contribution in [3.63, 3.8) is 0 Å². The zero-order chi connectivity index (χ0) is 22.9. The van der Waals surface area contributed by atoms with E-state index in [0.29, 0.717) is 48.4 Å². The van der Waals surface area contributed by atoms with Crippen LogP contribution in [0.1, 0.15) is 16.8 Å². The van der Waals surface area contributed by atoms with Crippen LogP contribution in [0.25, 0.3) is 23.0 Å². The minimum atomic E-state index is -0.186. The number of anilines is 1. The van der Waals surface area contributed by atoms with E-state index in [1.165, 1.54) is 0 Å². The first-order chi connectivity index (χ1) is 16.0. The molecular formula is C24H24N6O3. The molecule has 4 aromatic rings. The third kappa shape index (κ3) is 4.05. The molecule has 168 valence electrons. The van der Waals surface area contributed by atoms with Crippen LogP contribution in [0, 0.1) is 6.92 Å². The number of fused-ring (bicyclic) bond motifs is 1. The van der Waals surface area contributed by atoms with Crippen molar-refractivity contribution in [2.45, 2.75) is 19.9 Å². The number of aromatic nitrogens is 4. The third-order valence-electron chi connectivity index (χ3n) is 5.78. The molecule has 0 spiro atoms. The Kier molecular flexibility index (Phi) is 5.29. The van der Waals surface area contributed by atoms with Gasteiger partial charge in [0.1, 0.15) is 5.75 Å². The first kappa shape index (κ1) is 20.7. The minimum Gasteiger partial charge on any atom is -0.497 e. The minimum absolute atomic E-state index is 0.186. The Hall–Kier alpha value is -4.14. The van der Waals surface area contributed by atoms with E-state index in [4.69, 9.17) is 9.15 Å². The molecule has 1 aliphatic heterocycles. The van der Waals surface area contributed by atoms with Crippen LogP contribution in [-0.2, 0) is 20.0 Å².